The van der Waals surface area contributed by atoms with Crippen molar-refractivity contribution < 1.29 is 9.18 Å². The van der Waals surface area contributed by atoms with Crippen LogP contribution in [0.2, 0.25) is 0 Å². The molecule has 2 heterocycles. The van der Waals surface area contributed by atoms with Gasteiger partial charge in [0.25, 0.3) is 5.91 Å². The van der Waals surface area contributed by atoms with E-state index in [4.69, 9.17) is 4.98 Å². The van der Waals surface area contributed by atoms with Crippen molar-refractivity contribution in [3.8, 4) is 0 Å². The van der Waals surface area contributed by atoms with Crippen LogP contribution >= 0.6 is 0 Å². The zero-order valence-electron chi connectivity index (χ0n) is 15.2. The molecule has 0 aliphatic heterocycles. The molecule has 2 aromatic carbocycles. The van der Waals surface area contributed by atoms with Crippen molar-refractivity contribution in [2.24, 2.45) is 0 Å². The molecule has 1 amide bonds. The molecule has 27 heavy (non-hydrogen) atoms. The summed E-state index contributed by atoms with van der Waals surface area (Å²) in [5.41, 5.74) is 2.70. The van der Waals surface area contributed by atoms with Gasteiger partial charge in [-0.2, -0.15) is 5.10 Å². The van der Waals surface area contributed by atoms with Crippen LogP contribution in [0.15, 0.2) is 48.5 Å². The average Bonchev–Trinajstić information content (AvgIpc) is 2.97. The van der Waals surface area contributed by atoms with Crippen LogP contribution in [0.3, 0.4) is 0 Å². The van der Waals surface area contributed by atoms with E-state index < -0.39 is 11.7 Å². The second kappa shape index (κ2) is 6.79. The summed E-state index contributed by atoms with van der Waals surface area (Å²) in [4.78, 5) is 17.3. The number of nitrogens with one attached hydrogen (secondary N) is 1. The molecule has 1 N–H and O–H groups in total. The van der Waals surface area contributed by atoms with Gasteiger partial charge in [0, 0.05) is 11.9 Å². The highest BCUT2D eigenvalue weighted by Crippen LogP contribution is 2.27. The van der Waals surface area contributed by atoms with Crippen molar-refractivity contribution in [1.82, 2.24) is 14.8 Å². The molecule has 6 heteroatoms. The zero-order valence-corrected chi connectivity index (χ0v) is 15.2. The first-order chi connectivity index (χ1) is 13.1. The Balaban J connectivity index is 1.83. The van der Waals surface area contributed by atoms with Crippen LogP contribution < -0.4 is 5.32 Å². The van der Waals surface area contributed by atoms with Crippen LogP contribution in [-0.2, 0) is 6.54 Å². The van der Waals surface area contributed by atoms with Gasteiger partial charge in [0.05, 0.1) is 16.5 Å². The predicted octanol–water partition coefficient (Wildman–Crippen LogP) is 4.69. The van der Waals surface area contributed by atoms with Gasteiger partial charge in [0.1, 0.15) is 5.82 Å². The Hall–Kier alpha value is -3.28. The van der Waals surface area contributed by atoms with Crippen LogP contribution in [0.4, 0.5) is 10.2 Å². The van der Waals surface area contributed by atoms with Crippen LogP contribution in [-0.4, -0.2) is 20.7 Å². The molecule has 0 fully saturated rings. The van der Waals surface area contributed by atoms with Gasteiger partial charge in [-0.05, 0) is 43.2 Å². The van der Waals surface area contributed by atoms with E-state index in [9.17, 15) is 9.18 Å². The van der Waals surface area contributed by atoms with Gasteiger partial charge >= 0.3 is 0 Å². The fourth-order valence-electron chi connectivity index (χ4n) is 3.14. The maximum absolute atomic E-state index is 13.9. The number of hydrogen-bond acceptors (Lipinski definition) is 3. The first-order valence-electron chi connectivity index (χ1n) is 8.90. The molecule has 136 valence electrons. The molecule has 0 bridgehead atoms. The van der Waals surface area contributed by atoms with Crippen molar-refractivity contribution in [3.63, 3.8) is 0 Å². The third-order valence-corrected chi connectivity index (χ3v) is 4.46. The summed E-state index contributed by atoms with van der Waals surface area (Å²) in [6.45, 7) is 4.75. The number of anilines is 1. The SMILES string of the molecule is CCCn1nc(NC(=O)c2ccccc2F)c2cc3ccc(C)cc3nc21. The molecule has 0 radical (unpaired) electrons. The van der Waals surface area contributed by atoms with Gasteiger partial charge in [-0.3, -0.25) is 4.79 Å². The van der Waals surface area contributed by atoms with E-state index in [0.717, 1.165) is 28.3 Å². The number of aromatic nitrogens is 3. The Morgan fingerprint density at radius 1 is 1.19 bits per heavy atom. The van der Waals surface area contributed by atoms with Crippen molar-refractivity contribution in [2.75, 3.05) is 5.32 Å². The number of fused-ring (bicyclic) bond motifs is 2. The van der Waals surface area contributed by atoms with Crippen molar-refractivity contribution in [1.29, 1.82) is 0 Å². The van der Waals surface area contributed by atoms with E-state index in [2.05, 4.69) is 17.3 Å². The molecule has 0 spiro atoms. The first kappa shape index (κ1) is 17.1. The topological polar surface area (TPSA) is 59.8 Å². The molecule has 4 rings (SSSR count). The highest BCUT2D eigenvalue weighted by Gasteiger charge is 2.17. The largest absolute Gasteiger partial charge is 0.304 e. The molecule has 0 unspecified atom stereocenters. The molecule has 0 saturated heterocycles. The lowest BCUT2D eigenvalue weighted by atomic mass is 10.1. The standard InChI is InChI=1S/C21H19FN4O/c1-3-10-26-20-16(12-14-9-8-13(2)11-18(14)23-20)19(25-26)24-21(27)15-6-4-5-7-17(15)22/h4-9,11-12H,3,10H2,1-2H3,(H,24,25,27). The van der Waals surface area contributed by atoms with Gasteiger partial charge < -0.3 is 5.32 Å². The molecular formula is C21H19FN4O. The quantitative estimate of drug-likeness (QED) is 0.573. The molecule has 0 aliphatic carbocycles. The summed E-state index contributed by atoms with van der Waals surface area (Å²) < 4.78 is 15.7. The highest BCUT2D eigenvalue weighted by molar-refractivity contribution is 6.09. The smallest absolute Gasteiger partial charge is 0.259 e. The second-order valence-electron chi connectivity index (χ2n) is 6.56. The molecule has 4 aromatic rings. The minimum absolute atomic E-state index is 0.0138. The molecular weight excluding hydrogens is 343 g/mol. The summed E-state index contributed by atoms with van der Waals surface area (Å²) in [6, 6.07) is 13.9. The third kappa shape index (κ3) is 3.14. The second-order valence-corrected chi connectivity index (χ2v) is 6.56. The Morgan fingerprint density at radius 3 is 2.78 bits per heavy atom. The number of benzene rings is 2. The number of carbonyl (C=O) groups is 1. The number of halogens is 1. The average molecular weight is 362 g/mol. The lowest BCUT2D eigenvalue weighted by Gasteiger charge is -2.04. The van der Waals surface area contributed by atoms with E-state index in [1.807, 2.05) is 31.2 Å². The Labute approximate surface area is 155 Å². The van der Waals surface area contributed by atoms with Crippen LogP contribution in [0.25, 0.3) is 21.9 Å². The normalized spacial score (nSPS) is 11.2. The van der Waals surface area contributed by atoms with Crippen molar-refractivity contribution >= 4 is 33.7 Å². The van der Waals surface area contributed by atoms with Gasteiger partial charge in [0.15, 0.2) is 11.5 Å². The Kier molecular flexibility index (Phi) is 4.32. The number of aryl methyl sites for hydroxylation is 2. The predicted molar refractivity (Wildman–Crippen MR) is 104 cm³/mol. The molecule has 0 atom stereocenters. The number of carbonyl (C=O) groups excluding carboxylic acids is 1. The van der Waals surface area contributed by atoms with E-state index >= 15 is 0 Å². The van der Waals surface area contributed by atoms with Crippen molar-refractivity contribution in [3.05, 3.63) is 65.5 Å². The maximum Gasteiger partial charge on any atom is 0.259 e. The van der Waals surface area contributed by atoms with E-state index in [1.54, 1.807) is 16.8 Å². The first-order valence-corrected chi connectivity index (χ1v) is 8.90. The fraction of sp³-hybridized carbons (Fsp3) is 0.190. The summed E-state index contributed by atoms with van der Waals surface area (Å²) >= 11 is 0. The van der Waals surface area contributed by atoms with E-state index in [-0.39, 0.29) is 5.56 Å². The van der Waals surface area contributed by atoms with E-state index in [1.165, 1.54) is 12.1 Å². The summed E-state index contributed by atoms with van der Waals surface area (Å²) in [6.07, 6.45) is 0.880. The lowest BCUT2D eigenvalue weighted by molar-refractivity contribution is 0.102. The van der Waals surface area contributed by atoms with Gasteiger partial charge in [0.2, 0.25) is 0 Å². The number of rotatable bonds is 4. The van der Waals surface area contributed by atoms with Gasteiger partial charge in [-0.25, -0.2) is 14.1 Å². The molecule has 0 saturated carbocycles. The van der Waals surface area contributed by atoms with Crippen LogP contribution in [0, 0.1) is 12.7 Å². The highest BCUT2D eigenvalue weighted by atomic mass is 19.1. The number of nitrogens with zero attached hydrogens (tertiary/aromatic N) is 3. The summed E-state index contributed by atoms with van der Waals surface area (Å²) in [7, 11) is 0. The Bertz CT molecular complexity index is 1170. The Morgan fingerprint density at radius 2 is 2.00 bits per heavy atom. The lowest BCUT2D eigenvalue weighted by Crippen LogP contribution is -2.14. The maximum atomic E-state index is 13.9. The third-order valence-electron chi connectivity index (χ3n) is 4.46. The molecule has 0 aliphatic rings. The minimum Gasteiger partial charge on any atom is -0.304 e. The van der Waals surface area contributed by atoms with Gasteiger partial charge in [-0.1, -0.05) is 31.2 Å². The summed E-state index contributed by atoms with van der Waals surface area (Å²) in [5.74, 6) is -0.701. The number of pyridine rings is 1. The summed E-state index contributed by atoms with van der Waals surface area (Å²) in [5, 5.41) is 8.97. The fourth-order valence-corrected chi connectivity index (χ4v) is 3.14. The minimum atomic E-state index is -0.564. The number of amides is 1. The van der Waals surface area contributed by atoms with Gasteiger partial charge in [-0.15, -0.1) is 0 Å². The van der Waals surface area contributed by atoms with Crippen molar-refractivity contribution in [2.45, 2.75) is 26.8 Å². The monoisotopic (exact) mass is 362 g/mol. The van der Waals surface area contributed by atoms with Crippen LogP contribution in [0.1, 0.15) is 29.3 Å². The number of hydrogen-bond donors (Lipinski definition) is 1. The van der Waals surface area contributed by atoms with Crippen LogP contribution in [0.5, 0.6) is 0 Å². The zero-order chi connectivity index (χ0) is 19.0. The molecule has 2 aromatic heterocycles. The molecule has 5 nitrogen and oxygen atoms in total. The van der Waals surface area contributed by atoms with E-state index in [0.29, 0.717) is 18.0 Å².